The summed E-state index contributed by atoms with van der Waals surface area (Å²) in [4.78, 5) is 50.7. The molecule has 0 unspecified atom stereocenters. The predicted octanol–water partition coefficient (Wildman–Crippen LogP) is 1.24. The molecule has 10 nitrogen and oxygen atoms in total. The number of rotatable bonds is 15. The molecular weight excluding hydrogens is 452 g/mol. The molecule has 0 aliphatic rings. The fourth-order valence-electron chi connectivity index (χ4n) is 3.41. The summed E-state index contributed by atoms with van der Waals surface area (Å²) in [6, 6.07) is -2.50. The van der Waals surface area contributed by atoms with Crippen LogP contribution in [0.15, 0.2) is 0 Å². The summed E-state index contributed by atoms with van der Waals surface area (Å²) in [5, 5.41) is 18.9. The molecule has 0 radical (unpaired) electrons. The van der Waals surface area contributed by atoms with Gasteiger partial charge in [0.2, 0.25) is 17.7 Å². The van der Waals surface area contributed by atoms with Gasteiger partial charge in [0.05, 0.1) is 30.7 Å². The second kappa shape index (κ2) is 15.0. The molecule has 5 atom stereocenters. The molecule has 35 heavy (non-hydrogen) atoms. The molecule has 0 aromatic carbocycles. The van der Waals surface area contributed by atoms with Crippen molar-refractivity contribution in [2.24, 2.45) is 23.5 Å². The van der Waals surface area contributed by atoms with Gasteiger partial charge in [0.1, 0.15) is 12.1 Å². The van der Waals surface area contributed by atoms with Crippen molar-refractivity contribution in [2.75, 3.05) is 6.61 Å². The molecule has 0 spiro atoms. The lowest BCUT2D eigenvalue weighted by Crippen LogP contribution is -2.61. The molecule has 0 aromatic rings. The lowest BCUT2D eigenvalue weighted by Gasteiger charge is -2.31. The van der Waals surface area contributed by atoms with Crippen LogP contribution in [0.1, 0.15) is 81.6 Å². The van der Waals surface area contributed by atoms with Gasteiger partial charge in [0.25, 0.3) is 0 Å². The average Bonchev–Trinajstić information content (AvgIpc) is 2.73. The number of nitrogens with two attached hydrogens (primary N) is 1. The Morgan fingerprint density at radius 2 is 1.37 bits per heavy atom. The molecular formula is C25H48N4O6. The number of carbonyl (C=O) groups is 4. The molecule has 0 aromatic heterocycles. The van der Waals surface area contributed by atoms with Crippen molar-refractivity contribution < 1.29 is 29.0 Å². The normalized spacial score (nSPS) is 16.7. The van der Waals surface area contributed by atoms with Crippen molar-refractivity contribution in [3.05, 3.63) is 0 Å². The van der Waals surface area contributed by atoms with E-state index in [-0.39, 0.29) is 30.8 Å². The van der Waals surface area contributed by atoms with E-state index in [1.165, 1.54) is 0 Å². The standard InChI is InChI=1S/C25H48N4O6/c1-10-25(9,26)24(34)29-21(16(7)8)23(33)28-20(15(5)6)22(32)27-17(12-14(3)4)18(30)13-19(31)35-11-2/h14-18,20-21,30H,10-13,26H2,1-9H3,(H,27,32)(H,28,33)(H,29,34)/t17-,18-,20-,21-,25-/m0/s1. The van der Waals surface area contributed by atoms with Crippen LogP contribution in [0.4, 0.5) is 0 Å². The Balaban J connectivity index is 5.58. The first kappa shape index (κ1) is 32.8. The summed E-state index contributed by atoms with van der Waals surface area (Å²) < 4.78 is 4.91. The Kier molecular flexibility index (Phi) is 14.1. The van der Waals surface area contributed by atoms with Crippen molar-refractivity contribution in [1.29, 1.82) is 0 Å². The fraction of sp³-hybridized carbons (Fsp3) is 0.840. The number of hydrogen-bond acceptors (Lipinski definition) is 7. The molecule has 0 fully saturated rings. The van der Waals surface area contributed by atoms with E-state index in [0.29, 0.717) is 12.8 Å². The van der Waals surface area contributed by atoms with Crippen LogP contribution < -0.4 is 21.7 Å². The largest absolute Gasteiger partial charge is 0.466 e. The Labute approximate surface area is 210 Å². The van der Waals surface area contributed by atoms with Gasteiger partial charge in [-0.1, -0.05) is 48.5 Å². The summed E-state index contributed by atoms with van der Waals surface area (Å²) >= 11 is 0. The quantitative estimate of drug-likeness (QED) is 0.211. The molecule has 0 rings (SSSR count). The van der Waals surface area contributed by atoms with E-state index in [2.05, 4.69) is 16.0 Å². The number of hydrogen-bond donors (Lipinski definition) is 5. The summed E-state index contributed by atoms with van der Waals surface area (Å²) in [7, 11) is 0. The molecule has 6 N–H and O–H groups in total. The number of ether oxygens (including phenoxy) is 1. The SMILES string of the molecule is CCOC(=O)C[C@H](O)[C@H](CC(C)C)NC(=O)[C@@H](NC(=O)[C@@H](NC(=O)[C@@](C)(N)CC)C(C)C)C(C)C. The van der Waals surface area contributed by atoms with Crippen LogP contribution in [0, 0.1) is 17.8 Å². The molecule has 3 amide bonds. The molecule has 10 heteroatoms. The van der Waals surface area contributed by atoms with Crippen molar-refractivity contribution in [3.63, 3.8) is 0 Å². The van der Waals surface area contributed by atoms with Gasteiger partial charge in [-0.2, -0.15) is 0 Å². The zero-order valence-electron chi connectivity index (χ0n) is 22.9. The van der Waals surface area contributed by atoms with Crippen LogP contribution in [0.25, 0.3) is 0 Å². The molecule has 204 valence electrons. The molecule has 0 heterocycles. The van der Waals surface area contributed by atoms with E-state index < -0.39 is 53.5 Å². The second-order valence-electron chi connectivity index (χ2n) is 10.5. The topological polar surface area (TPSA) is 160 Å². The highest BCUT2D eigenvalue weighted by Gasteiger charge is 2.35. The summed E-state index contributed by atoms with van der Waals surface area (Å²) in [6.45, 7) is 16.3. The summed E-state index contributed by atoms with van der Waals surface area (Å²) in [5.41, 5.74) is 4.89. The van der Waals surface area contributed by atoms with Gasteiger partial charge >= 0.3 is 5.97 Å². The number of nitrogens with one attached hydrogen (secondary N) is 3. The van der Waals surface area contributed by atoms with Crippen LogP contribution in [0.2, 0.25) is 0 Å². The average molecular weight is 501 g/mol. The predicted molar refractivity (Wildman–Crippen MR) is 135 cm³/mol. The lowest BCUT2D eigenvalue weighted by atomic mass is 9.94. The van der Waals surface area contributed by atoms with Gasteiger partial charge in [-0.25, -0.2) is 0 Å². The Hall–Kier alpha value is -2.20. The molecule has 0 aliphatic carbocycles. The van der Waals surface area contributed by atoms with E-state index in [4.69, 9.17) is 10.5 Å². The minimum absolute atomic E-state index is 0.133. The minimum atomic E-state index is -1.14. The monoisotopic (exact) mass is 500 g/mol. The van der Waals surface area contributed by atoms with Crippen LogP contribution in [-0.4, -0.2) is 65.2 Å². The van der Waals surface area contributed by atoms with Gasteiger partial charge < -0.3 is 31.5 Å². The first-order valence-electron chi connectivity index (χ1n) is 12.6. The Morgan fingerprint density at radius 1 is 0.886 bits per heavy atom. The van der Waals surface area contributed by atoms with Gasteiger partial charge in [-0.05, 0) is 44.4 Å². The third-order valence-corrected chi connectivity index (χ3v) is 5.93. The van der Waals surface area contributed by atoms with Crippen LogP contribution in [-0.2, 0) is 23.9 Å². The summed E-state index contributed by atoms with van der Waals surface area (Å²) in [5.74, 6) is -2.37. The van der Waals surface area contributed by atoms with Crippen molar-refractivity contribution in [3.8, 4) is 0 Å². The fourth-order valence-corrected chi connectivity index (χ4v) is 3.41. The van der Waals surface area contributed by atoms with Gasteiger partial charge in [0.15, 0.2) is 0 Å². The third kappa shape index (κ3) is 11.4. The van der Waals surface area contributed by atoms with Crippen LogP contribution in [0.3, 0.4) is 0 Å². The van der Waals surface area contributed by atoms with Crippen molar-refractivity contribution in [1.82, 2.24) is 16.0 Å². The Bertz CT molecular complexity index is 708. The smallest absolute Gasteiger partial charge is 0.308 e. The maximum atomic E-state index is 13.2. The highest BCUT2D eigenvalue weighted by Crippen LogP contribution is 2.14. The zero-order chi connectivity index (χ0) is 27.5. The van der Waals surface area contributed by atoms with E-state index in [1.807, 2.05) is 13.8 Å². The van der Waals surface area contributed by atoms with Gasteiger partial charge in [-0.15, -0.1) is 0 Å². The van der Waals surface area contributed by atoms with Gasteiger partial charge in [0, 0.05) is 0 Å². The number of aliphatic hydroxyl groups excluding tert-OH is 1. The molecule has 0 saturated heterocycles. The van der Waals surface area contributed by atoms with Crippen molar-refractivity contribution >= 4 is 23.7 Å². The van der Waals surface area contributed by atoms with Gasteiger partial charge in [-0.3, -0.25) is 19.2 Å². The van der Waals surface area contributed by atoms with E-state index >= 15 is 0 Å². The highest BCUT2D eigenvalue weighted by molar-refractivity contribution is 5.94. The lowest BCUT2D eigenvalue weighted by molar-refractivity contribution is -0.146. The molecule has 0 saturated carbocycles. The van der Waals surface area contributed by atoms with Crippen LogP contribution >= 0.6 is 0 Å². The third-order valence-electron chi connectivity index (χ3n) is 5.93. The molecule has 0 aliphatic heterocycles. The maximum absolute atomic E-state index is 13.2. The number of carbonyl (C=O) groups excluding carboxylic acids is 4. The minimum Gasteiger partial charge on any atom is -0.466 e. The highest BCUT2D eigenvalue weighted by atomic mass is 16.5. The number of aliphatic hydroxyl groups is 1. The Morgan fingerprint density at radius 3 is 1.80 bits per heavy atom. The summed E-state index contributed by atoms with van der Waals surface area (Å²) in [6.07, 6.45) is -0.556. The maximum Gasteiger partial charge on any atom is 0.308 e. The first-order valence-corrected chi connectivity index (χ1v) is 12.6. The first-order chi connectivity index (χ1) is 16.1. The number of esters is 1. The second-order valence-corrected chi connectivity index (χ2v) is 10.5. The number of amides is 3. The van der Waals surface area contributed by atoms with E-state index in [1.54, 1.807) is 48.5 Å². The van der Waals surface area contributed by atoms with Crippen molar-refractivity contribution in [2.45, 2.75) is 111 Å². The van der Waals surface area contributed by atoms with Crippen LogP contribution in [0.5, 0.6) is 0 Å². The zero-order valence-corrected chi connectivity index (χ0v) is 22.9. The van der Waals surface area contributed by atoms with E-state index in [0.717, 1.165) is 0 Å². The van der Waals surface area contributed by atoms with E-state index in [9.17, 15) is 24.3 Å². The molecule has 0 bridgehead atoms.